The molecule has 0 unspecified atom stereocenters. The molecule has 3 rings (SSSR count). The van der Waals surface area contributed by atoms with Crippen LogP contribution < -0.4 is 9.47 Å². The molecule has 20 heavy (non-hydrogen) atoms. The number of ether oxygens (including phenoxy) is 2. The van der Waals surface area contributed by atoms with Crippen molar-refractivity contribution in [1.82, 2.24) is 9.97 Å². The Labute approximate surface area is 121 Å². The molecule has 0 aliphatic carbocycles. The molecule has 0 bridgehead atoms. The standard InChI is InChI=1S/C15H13ClN2O2/c1-19-10-6-7-12-13(8-10)18-15(17-12)9-20-14-5-3-2-4-11(14)16/h2-8H,9H2,1H3,(H,17,18). The van der Waals surface area contributed by atoms with Crippen molar-refractivity contribution in [3.8, 4) is 11.5 Å². The van der Waals surface area contributed by atoms with E-state index < -0.39 is 0 Å². The number of hydrogen-bond acceptors (Lipinski definition) is 3. The van der Waals surface area contributed by atoms with Gasteiger partial charge in [0.2, 0.25) is 0 Å². The van der Waals surface area contributed by atoms with Crippen LogP contribution in [0.4, 0.5) is 0 Å². The number of imidazole rings is 1. The van der Waals surface area contributed by atoms with Crippen LogP contribution in [-0.2, 0) is 6.61 Å². The lowest BCUT2D eigenvalue weighted by Gasteiger charge is -2.05. The zero-order chi connectivity index (χ0) is 13.9. The maximum Gasteiger partial charge on any atom is 0.146 e. The second-order valence-electron chi connectivity index (χ2n) is 4.29. The molecule has 0 atom stereocenters. The maximum absolute atomic E-state index is 6.04. The Morgan fingerprint density at radius 3 is 2.85 bits per heavy atom. The van der Waals surface area contributed by atoms with Crippen molar-refractivity contribution in [3.63, 3.8) is 0 Å². The third-order valence-corrected chi connectivity index (χ3v) is 3.25. The molecule has 0 saturated heterocycles. The number of halogens is 1. The van der Waals surface area contributed by atoms with Crippen molar-refractivity contribution in [2.75, 3.05) is 7.11 Å². The van der Waals surface area contributed by atoms with E-state index in [9.17, 15) is 0 Å². The topological polar surface area (TPSA) is 47.1 Å². The first kappa shape index (κ1) is 12.8. The summed E-state index contributed by atoms with van der Waals surface area (Å²) in [6, 6.07) is 13.1. The first-order chi connectivity index (χ1) is 9.76. The third kappa shape index (κ3) is 2.56. The highest BCUT2D eigenvalue weighted by Gasteiger charge is 2.06. The minimum absolute atomic E-state index is 0.334. The summed E-state index contributed by atoms with van der Waals surface area (Å²) in [6.45, 7) is 0.334. The number of aromatic amines is 1. The molecule has 0 aliphatic heterocycles. The Kier molecular flexibility index (Phi) is 3.48. The number of fused-ring (bicyclic) bond motifs is 1. The molecule has 0 aliphatic rings. The number of para-hydroxylation sites is 1. The van der Waals surface area contributed by atoms with Gasteiger partial charge in [-0.15, -0.1) is 0 Å². The molecular weight excluding hydrogens is 276 g/mol. The van der Waals surface area contributed by atoms with Gasteiger partial charge in [0.1, 0.15) is 23.9 Å². The van der Waals surface area contributed by atoms with Gasteiger partial charge in [-0.2, -0.15) is 0 Å². The quantitative estimate of drug-likeness (QED) is 0.794. The monoisotopic (exact) mass is 288 g/mol. The van der Waals surface area contributed by atoms with Gasteiger partial charge in [-0.1, -0.05) is 23.7 Å². The second kappa shape index (κ2) is 5.43. The summed E-state index contributed by atoms with van der Waals surface area (Å²) in [4.78, 5) is 7.65. The molecule has 0 fully saturated rings. The van der Waals surface area contributed by atoms with E-state index in [0.717, 1.165) is 22.6 Å². The van der Waals surface area contributed by atoms with E-state index in [-0.39, 0.29) is 0 Å². The van der Waals surface area contributed by atoms with Crippen LogP contribution in [-0.4, -0.2) is 17.1 Å². The summed E-state index contributed by atoms with van der Waals surface area (Å²) in [7, 11) is 1.64. The zero-order valence-electron chi connectivity index (χ0n) is 10.9. The number of methoxy groups -OCH3 is 1. The molecule has 0 radical (unpaired) electrons. The molecule has 1 heterocycles. The van der Waals surface area contributed by atoms with Crippen LogP contribution in [0.2, 0.25) is 5.02 Å². The largest absolute Gasteiger partial charge is 0.497 e. The van der Waals surface area contributed by atoms with Crippen molar-refractivity contribution in [3.05, 3.63) is 53.3 Å². The van der Waals surface area contributed by atoms with Crippen molar-refractivity contribution >= 4 is 22.6 Å². The molecule has 1 N–H and O–H groups in total. The number of benzene rings is 2. The molecule has 1 aromatic heterocycles. The fourth-order valence-electron chi connectivity index (χ4n) is 1.94. The van der Waals surface area contributed by atoms with Gasteiger partial charge < -0.3 is 14.5 Å². The molecule has 2 aromatic carbocycles. The van der Waals surface area contributed by atoms with Crippen LogP contribution in [0.5, 0.6) is 11.5 Å². The van der Waals surface area contributed by atoms with Crippen LogP contribution in [0, 0.1) is 0 Å². The normalized spacial score (nSPS) is 10.7. The zero-order valence-corrected chi connectivity index (χ0v) is 11.6. The molecule has 102 valence electrons. The van der Waals surface area contributed by atoms with Gasteiger partial charge >= 0.3 is 0 Å². The highest BCUT2D eigenvalue weighted by atomic mass is 35.5. The molecule has 4 nitrogen and oxygen atoms in total. The number of rotatable bonds is 4. The van der Waals surface area contributed by atoms with E-state index in [4.69, 9.17) is 21.1 Å². The Bertz CT molecular complexity index is 740. The molecule has 0 amide bonds. The fourth-order valence-corrected chi connectivity index (χ4v) is 2.14. The van der Waals surface area contributed by atoms with Gasteiger partial charge in [0.15, 0.2) is 0 Å². The second-order valence-corrected chi connectivity index (χ2v) is 4.69. The number of aromatic nitrogens is 2. The van der Waals surface area contributed by atoms with E-state index in [2.05, 4.69) is 9.97 Å². The van der Waals surface area contributed by atoms with Crippen LogP contribution in [0.3, 0.4) is 0 Å². The van der Waals surface area contributed by atoms with Crippen molar-refractivity contribution in [2.45, 2.75) is 6.61 Å². The van der Waals surface area contributed by atoms with E-state index in [1.165, 1.54) is 0 Å². The van der Waals surface area contributed by atoms with E-state index in [1.54, 1.807) is 13.2 Å². The third-order valence-electron chi connectivity index (χ3n) is 2.94. The minimum atomic E-state index is 0.334. The summed E-state index contributed by atoms with van der Waals surface area (Å²) in [6.07, 6.45) is 0. The number of hydrogen-bond donors (Lipinski definition) is 1. The van der Waals surface area contributed by atoms with E-state index in [1.807, 2.05) is 36.4 Å². The number of H-pyrrole nitrogens is 1. The van der Waals surface area contributed by atoms with Gasteiger partial charge in [0.25, 0.3) is 0 Å². The van der Waals surface area contributed by atoms with Crippen molar-refractivity contribution in [1.29, 1.82) is 0 Å². The Morgan fingerprint density at radius 1 is 1.20 bits per heavy atom. The maximum atomic E-state index is 6.04. The Hall–Kier alpha value is -2.20. The van der Waals surface area contributed by atoms with Crippen LogP contribution in [0.25, 0.3) is 11.0 Å². The van der Waals surface area contributed by atoms with Crippen LogP contribution >= 0.6 is 11.6 Å². The lowest BCUT2D eigenvalue weighted by Crippen LogP contribution is -1.97. The van der Waals surface area contributed by atoms with Crippen molar-refractivity contribution in [2.24, 2.45) is 0 Å². The molecule has 3 aromatic rings. The summed E-state index contributed by atoms with van der Waals surface area (Å²) in [5.74, 6) is 2.18. The van der Waals surface area contributed by atoms with E-state index >= 15 is 0 Å². The van der Waals surface area contributed by atoms with Gasteiger partial charge in [-0.25, -0.2) is 4.98 Å². The summed E-state index contributed by atoms with van der Waals surface area (Å²) >= 11 is 6.04. The summed E-state index contributed by atoms with van der Waals surface area (Å²) in [5.41, 5.74) is 1.80. The van der Waals surface area contributed by atoms with Gasteiger partial charge in [-0.3, -0.25) is 0 Å². The fraction of sp³-hybridized carbons (Fsp3) is 0.133. The van der Waals surface area contributed by atoms with Gasteiger partial charge in [-0.05, 0) is 24.3 Å². The lowest BCUT2D eigenvalue weighted by molar-refractivity contribution is 0.297. The first-order valence-corrected chi connectivity index (χ1v) is 6.54. The van der Waals surface area contributed by atoms with Gasteiger partial charge in [0, 0.05) is 6.07 Å². The smallest absolute Gasteiger partial charge is 0.146 e. The molecule has 0 saturated carbocycles. The average molecular weight is 289 g/mol. The van der Waals surface area contributed by atoms with Crippen LogP contribution in [0.15, 0.2) is 42.5 Å². The molecular formula is C15H13ClN2O2. The van der Waals surface area contributed by atoms with Gasteiger partial charge in [0.05, 0.1) is 23.2 Å². The Morgan fingerprint density at radius 2 is 2.05 bits per heavy atom. The lowest BCUT2D eigenvalue weighted by atomic mass is 10.3. The number of nitrogens with zero attached hydrogens (tertiary/aromatic N) is 1. The summed E-state index contributed by atoms with van der Waals surface area (Å²) in [5, 5.41) is 0.588. The summed E-state index contributed by atoms with van der Waals surface area (Å²) < 4.78 is 10.8. The van der Waals surface area contributed by atoms with Crippen LogP contribution in [0.1, 0.15) is 5.82 Å². The average Bonchev–Trinajstić information content (AvgIpc) is 2.88. The highest BCUT2D eigenvalue weighted by Crippen LogP contribution is 2.24. The van der Waals surface area contributed by atoms with E-state index in [0.29, 0.717) is 17.4 Å². The van der Waals surface area contributed by atoms with Crippen molar-refractivity contribution < 1.29 is 9.47 Å². The highest BCUT2D eigenvalue weighted by molar-refractivity contribution is 6.32. The number of nitrogens with one attached hydrogen (secondary N) is 1. The predicted molar refractivity (Wildman–Crippen MR) is 78.4 cm³/mol. The predicted octanol–water partition coefficient (Wildman–Crippen LogP) is 3.80. The SMILES string of the molecule is COc1ccc2nc(COc3ccccc3Cl)[nH]c2c1. The minimum Gasteiger partial charge on any atom is -0.497 e. The Balaban J connectivity index is 1.79. The molecule has 5 heteroatoms. The molecule has 0 spiro atoms. The first-order valence-electron chi connectivity index (χ1n) is 6.16.